The van der Waals surface area contributed by atoms with E-state index in [1.165, 1.54) is 19.3 Å². The van der Waals surface area contributed by atoms with Crippen LogP contribution in [0, 0.1) is 5.82 Å². The topological polar surface area (TPSA) is 29.3 Å². The minimum Gasteiger partial charge on any atom is -0.325 e. The summed E-state index contributed by atoms with van der Waals surface area (Å²) < 4.78 is 14.1. The largest absolute Gasteiger partial charge is 0.325 e. The highest BCUT2D eigenvalue weighted by atomic mass is 19.1. The van der Waals surface area contributed by atoms with Crippen LogP contribution >= 0.6 is 0 Å². The zero-order chi connectivity index (χ0) is 13.3. The number of piperidine rings is 1. The zero-order valence-electron chi connectivity index (χ0n) is 11.5. The van der Waals surface area contributed by atoms with Gasteiger partial charge in [0, 0.05) is 17.6 Å². The molecule has 0 atom stereocenters. The average molecular weight is 262 g/mol. The van der Waals surface area contributed by atoms with Gasteiger partial charge in [-0.3, -0.25) is 4.90 Å². The van der Waals surface area contributed by atoms with Gasteiger partial charge in [-0.15, -0.1) is 0 Å². The maximum atomic E-state index is 14.1. The highest BCUT2D eigenvalue weighted by molar-refractivity contribution is 5.27. The third kappa shape index (κ3) is 3.34. The number of rotatable bonds is 4. The summed E-state index contributed by atoms with van der Waals surface area (Å²) in [7, 11) is 0. The van der Waals surface area contributed by atoms with Crippen molar-refractivity contribution in [3.63, 3.8) is 0 Å². The molecule has 0 bridgehead atoms. The molecule has 3 rings (SSSR count). The normalized spacial score (nSPS) is 22.4. The van der Waals surface area contributed by atoms with Gasteiger partial charge in [-0.25, -0.2) is 4.39 Å². The van der Waals surface area contributed by atoms with Crippen molar-refractivity contribution in [1.29, 1.82) is 0 Å². The van der Waals surface area contributed by atoms with Crippen molar-refractivity contribution in [3.05, 3.63) is 35.1 Å². The van der Waals surface area contributed by atoms with Crippen molar-refractivity contribution in [3.8, 4) is 0 Å². The van der Waals surface area contributed by atoms with Crippen molar-refractivity contribution in [1.82, 2.24) is 4.90 Å². The van der Waals surface area contributed by atoms with E-state index < -0.39 is 0 Å². The second kappa shape index (κ2) is 5.22. The molecule has 2 fully saturated rings. The Labute approximate surface area is 114 Å². The van der Waals surface area contributed by atoms with Gasteiger partial charge in [0.1, 0.15) is 5.82 Å². The van der Waals surface area contributed by atoms with Crippen LogP contribution in [0.15, 0.2) is 18.2 Å². The Morgan fingerprint density at radius 1 is 1.16 bits per heavy atom. The van der Waals surface area contributed by atoms with Gasteiger partial charge < -0.3 is 5.73 Å². The van der Waals surface area contributed by atoms with Crippen molar-refractivity contribution < 1.29 is 4.39 Å². The Kier molecular flexibility index (Phi) is 3.59. The first-order valence-electron chi connectivity index (χ1n) is 7.43. The minimum absolute atomic E-state index is 0.0408. The molecule has 3 heteroatoms. The van der Waals surface area contributed by atoms with Gasteiger partial charge in [0.25, 0.3) is 0 Å². The van der Waals surface area contributed by atoms with Gasteiger partial charge in [0.05, 0.1) is 0 Å². The van der Waals surface area contributed by atoms with E-state index >= 15 is 0 Å². The van der Waals surface area contributed by atoms with E-state index in [1.807, 2.05) is 6.07 Å². The van der Waals surface area contributed by atoms with Crippen molar-refractivity contribution in [2.24, 2.45) is 5.73 Å². The SMILES string of the molecule is NC1(Cc2ccc(CN3CCCCC3)c(F)c2)CC1. The molecule has 1 aliphatic carbocycles. The maximum absolute atomic E-state index is 14.1. The second-order valence-electron chi connectivity index (χ2n) is 6.30. The first-order chi connectivity index (χ1) is 9.15. The Morgan fingerprint density at radius 3 is 2.53 bits per heavy atom. The molecule has 19 heavy (non-hydrogen) atoms. The van der Waals surface area contributed by atoms with Crippen LogP contribution in [0.3, 0.4) is 0 Å². The molecule has 0 radical (unpaired) electrons. The summed E-state index contributed by atoms with van der Waals surface area (Å²) in [5, 5.41) is 0. The predicted molar refractivity (Wildman–Crippen MR) is 75.4 cm³/mol. The molecule has 0 spiro atoms. The molecule has 1 heterocycles. The van der Waals surface area contributed by atoms with Gasteiger partial charge >= 0.3 is 0 Å². The fraction of sp³-hybridized carbons (Fsp3) is 0.625. The minimum atomic E-state index is -0.0627. The van der Waals surface area contributed by atoms with Crippen molar-refractivity contribution in [2.45, 2.75) is 50.6 Å². The summed E-state index contributed by atoms with van der Waals surface area (Å²) >= 11 is 0. The van der Waals surface area contributed by atoms with Gasteiger partial charge in [0.15, 0.2) is 0 Å². The van der Waals surface area contributed by atoms with Crippen LogP contribution in [-0.2, 0) is 13.0 Å². The molecule has 104 valence electrons. The monoisotopic (exact) mass is 262 g/mol. The lowest BCUT2D eigenvalue weighted by molar-refractivity contribution is 0.218. The lowest BCUT2D eigenvalue weighted by Crippen LogP contribution is -2.29. The average Bonchev–Trinajstić information content (AvgIpc) is 3.12. The summed E-state index contributed by atoms with van der Waals surface area (Å²) in [6, 6.07) is 5.69. The van der Waals surface area contributed by atoms with E-state index in [-0.39, 0.29) is 11.4 Å². The number of nitrogens with zero attached hydrogens (tertiary/aromatic N) is 1. The van der Waals surface area contributed by atoms with E-state index in [1.54, 1.807) is 6.07 Å². The molecular weight excluding hydrogens is 239 g/mol. The fourth-order valence-electron chi connectivity index (χ4n) is 2.93. The quantitative estimate of drug-likeness (QED) is 0.904. The van der Waals surface area contributed by atoms with E-state index in [0.717, 1.165) is 50.0 Å². The fourth-order valence-corrected chi connectivity index (χ4v) is 2.93. The molecule has 1 saturated carbocycles. The molecule has 0 aromatic heterocycles. The van der Waals surface area contributed by atoms with E-state index in [4.69, 9.17) is 5.73 Å². The van der Waals surface area contributed by atoms with Crippen LogP contribution in [0.25, 0.3) is 0 Å². The summed E-state index contributed by atoms with van der Waals surface area (Å²) in [5.74, 6) is -0.0627. The molecule has 1 aromatic rings. The third-order valence-electron chi connectivity index (χ3n) is 4.41. The number of hydrogen-bond donors (Lipinski definition) is 1. The van der Waals surface area contributed by atoms with Crippen LogP contribution in [0.1, 0.15) is 43.2 Å². The maximum Gasteiger partial charge on any atom is 0.127 e. The molecule has 1 aromatic carbocycles. The molecule has 1 aliphatic heterocycles. The highest BCUT2D eigenvalue weighted by Gasteiger charge is 2.38. The zero-order valence-corrected chi connectivity index (χ0v) is 11.5. The third-order valence-corrected chi connectivity index (χ3v) is 4.41. The summed E-state index contributed by atoms with van der Waals surface area (Å²) in [5.41, 5.74) is 7.91. The van der Waals surface area contributed by atoms with Gasteiger partial charge in [-0.05, 0) is 56.8 Å². The first-order valence-corrected chi connectivity index (χ1v) is 7.43. The van der Waals surface area contributed by atoms with Crippen LogP contribution in [0.2, 0.25) is 0 Å². The number of hydrogen-bond acceptors (Lipinski definition) is 2. The molecule has 0 amide bonds. The lowest BCUT2D eigenvalue weighted by atomic mass is 10.0. The van der Waals surface area contributed by atoms with E-state index in [0.29, 0.717) is 0 Å². The highest BCUT2D eigenvalue weighted by Crippen LogP contribution is 2.35. The van der Waals surface area contributed by atoms with Crippen LogP contribution in [0.4, 0.5) is 4.39 Å². The standard InChI is InChI=1S/C16H23FN2/c17-15-10-13(11-16(18)6-7-16)4-5-14(15)12-19-8-2-1-3-9-19/h4-5,10H,1-3,6-9,11-12,18H2. The molecular formula is C16H23FN2. The van der Waals surface area contributed by atoms with Gasteiger partial charge in [-0.1, -0.05) is 18.6 Å². The Bertz CT molecular complexity index is 448. The number of nitrogens with two attached hydrogens (primary N) is 1. The van der Waals surface area contributed by atoms with Crippen LogP contribution < -0.4 is 5.73 Å². The molecule has 2 N–H and O–H groups in total. The second-order valence-corrected chi connectivity index (χ2v) is 6.30. The number of likely N-dealkylation sites (tertiary alicyclic amines) is 1. The van der Waals surface area contributed by atoms with Crippen LogP contribution in [0.5, 0.6) is 0 Å². The Balaban J connectivity index is 1.65. The predicted octanol–water partition coefficient (Wildman–Crippen LogP) is 2.85. The van der Waals surface area contributed by atoms with Gasteiger partial charge in [-0.2, -0.15) is 0 Å². The lowest BCUT2D eigenvalue weighted by Gasteiger charge is -2.26. The smallest absolute Gasteiger partial charge is 0.127 e. The summed E-state index contributed by atoms with van der Waals surface area (Å²) in [6.07, 6.45) is 6.77. The molecule has 0 unspecified atom stereocenters. The number of halogens is 1. The van der Waals surface area contributed by atoms with E-state index in [2.05, 4.69) is 11.0 Å². The summed E-state index contributed by atoms with van der Waals surface area (Å²) in [4.78, 5) is 2.35. The van der Waals surface area contributed by atoms with E-state index in [9.17, 15) is 4.39 Å². The molecule has 1 saturated heterocycles. The Morgan fingerprint density at radius 2 is 1.89 bits per heavy atom. The molecule has 2 aliphatic rings. The van der Waals surface area contributed by atoms with Gasteiger partial charge in [0.2, 0.25) is 0 Å². The van der Waals surface area contributed by atoms with Crippen molar-refractivity contribution in [2.75, 3.05) is 13.1 Å². The van der Waals surface area contributed by atoms with Crippen LogP contribution in [-0.4, -0.2) is 23.5 Å². The summed E-state index contributed by atoms with van der Waals surface area (Å²) in [6.45, 7) is 2.96. The van der Waals surface area contributed by atoms with Crippen molar-refractivity contribution >= 4 is 0 Å². The number of benzene rings is 1. The Hall–Kier alpha value is -0.930. The molecule has 2 nitrogen and oxygen atoms in total. The first kappa shape index (κ1) is 13.1.